The molecule has 0 amide bonds. The lowest BCUT2D eigenvalue weighted by atomic mass is 9.91. The summed E-state index contributed by atoms with van der Waals surface area (Å²) in [6.45, 7) is 3.92. The first kappa shape index (κ1) is 21.2. The van der Waals surface area contributed by atoms with Crippen LogP contribution < -0.4 is 14.9 Å². The van der Waals surface area contributed by atoms with Gasteiger partial charge in [-0.25, -0.2) is 0 Å². The minimum Gasteiger partial charge on any atom is -0.502 e. The molecule has 3 heterocycles. The number of benzene rings is 1. The zero-order valence-electron chi connectivity index (χ0n) is 17.3. The molecule has 2 aliphatic rings. The summed E-state index contributed by atoms with van der Waals surface area (Å²) in [6, 6.07) is 6.51. The number of carbonyl (C=O) groups excluding carboxylic acids is 1. The number of carbonyl (C=O) groups is 1. The Morgan fingerprint density at radius 1 is 1.13 bits per heavy atom. The third-order valence-electron chi connectivity index (χ3n) is 5.37. The highest BCUT2D eigenvalue weighted by atomic mass is 16.6. The van der Waals surface area contributed by atoms with Crippen LogP contribution in [0.15, 0.2) is 33.5 Å². The first-order chi connectivity index (χ1) is 15.0. The van der Waals surface area contributed by atoms with Crippen molar-refractivity contribution in [2.75, 3.05) is 46.6 Å². The molecule has 31 heavy (non-hydrogen) atoms. The van der Waals surface area contributed by atoms with Gasteiger partial charge in [0.05, 0.1) is 39.2 Å². The van der Waals surface area contributed by atoms with Crippen LogP contribution in [0.1, 0.15) is 29.4 Å². The molecule has 1 fully saturated rings. The van der Waals surface area contributed by atoms with E-state index in [-0.39, 0.29) is 12.2 Å². The molecule has 0 bridgehead atoms. The van der Waals surface area contributed by atoms with E-state index in [2.05, 4.69) is 4.90 Å². The van der Waals surface area contributed by atoms with Gasteiger partial charge in [-0.1, -0.05) is 6.07 Å². The van der Waals surface area contributed by atoms with E-state index in [0.29, 0.717) is 68.9 Å². The van der Waals surface area contributed by atoms with Crippen molar-refractivity contribution in [3.8, 4) is 17.2 Å². The molecule has 2 aromatic rings. The Hall–Kier alpha value is -3.04. The third-order valence-corrected chi connectivity index (χ3v) is 5.37. The number of hydrogen-bond donors (Lipinski definition) is 1. The summed E-state index contributed by atoms with van der Waals surface area (Å²) in [5.74, 6) is -0.191. The topological polar surface area (TPSA) is 108 Å². The highest BCUT2D eigenvalue weighted by molar-refractivity contribution is 5.71. The van der Waals surface area contributed by atoms with Crippen LogP contribution in [0.5, 0.6) is 17.2 Å². The lowest BCUT2D eigenvalue weighted by molar-refractivity contribution is -0.140. The van der Waals surface area contributed by atoms with Gasteiger partial charge < -0.3 is 28.5 Å². The molecule has 2 aliphatic heterocycles. The minimum atomic E-state index is -0.736. The second kappa shape index (κ2) is 9.40. The van der Waals surface area contributed by atoms with Crippen LogP contribution in [0.25, 0.3) is 0 Å². The fourth-order valence-corrected chi connectivity index (χ4v) is 3.74. The van der Waals surface area contributed by atoms with Gasteiger partial charge in [0, 0.05) is 19.2 Å². The third kappa shape index (κ3) is 4.83. The first-order valence-corrected chi connectivity index (χ1v) is 10.2. The van der Waals surface area contributed by atoms with Crippen molar-refractivity contribution in [2.45, 2.75) is 18.9 Å². The molecule has 0 saturated carbocycles. The summed E-state index contributed by atoms with van der Waals surface area (Å²) in [4.78, 5) is 26.8. The number of ether oxygens (including phenoxy) is 4. The SMILES string of the molecule is COC(=O)C[C@H](c1ccc2c(c1)OCCO2)c1oc(CN2CCOCC2)cc(=O)c1O. The largest absolute Gasteiger partial charge is 0.502 e. The molecule has 9 nitrogen and oxygen atoms in total. The summed E-state index contributed by atoms with van der Waals surface area (Å²) >= 11 is 0. The maximum absolute atomic E-state index is 12.5. The number of methoxy groups -OCH3 is 1. The second-order valence-corrected chi connectivity index (χ2v) is 7.41. The van der Waals surface area contributed by atoms with Gasteiger partial charge in [-0.15, -0.1) is 0 Å². The number of rotatable bonds is 6. The van der Waals surface area contributed by atoms with Crippen LogP contribution in [-0.4, -0.2) is 62.6 Å². The Morgan fingerprint density at radius 3 is 2.61 bits per heavy atom. The van der Waals surface area contributed by atoms with Crippen LogP contribution in [-0.2, 0) is 20.8 Å². The molecular weight excluding hydrogens is 406 g/mol. The molecule has 1 aromatic heterocycles. The Bertz CT molecular complexity index is 995. The number of nitrogens with zero attached hydrogens (tertiary/aromatic N) is 1. The van der Waals surface area contributed by atoms with Gasteiger partial charge in [0.25, 0.3) is 0 Å². The molecular formula is C22H25NO8. The highest BCUT2D eigenvalue weighted by Gasteiger charge is 2.28. The molecule has 4 rings (SSSR count). The summed E-state index contributed by atoms with van der Waals surface area (Å²) in [5.41, 5.74) is 0.0774. The monoisotopic (exact) mass is 431 g/mol. The van der Waals surface area contributed by atoms with Gasteiger partial charge in [-0.3, -0.25) is 14.5 Å². The lowest BCUT2D eigenvalue weighted by Crippen LogP contribution is -2.35. The molecule has 1 saturated heterocycles. The Kier molecular flexibility index (Phi) is 6.43. The molecule has 0 radical (unpaired) electrons. The molecule has 0 aliphatic carbocycles. The van der Waals surface area contributed by atoms with E-state index >= 15 is 0 Å². The van der Waals surface area contributed by atoms with Crippen LogP contribution in [0.2, 0.25) is 0 Å². The zero-order valence-corrected chi connectivity index (χ0v) is 17.3. The number of morpholine rings is 1. The Balaban J connectivity index is 1.72. The van der Waals surface area contributed by atoms with Crippen molar-refractivity contribution in [3.63, 3.8) is 0 Å². The van der Waals surface area contributed by atoms with Gasteiger partial charge in [-0.05, 0) is 17.7 Å². The quantitative estimate of drug-likeness (QED) is 0.683. The summed E-state index contributed by atoms with van der Waals surface area (Å²) in [6.07, 6.45) is -0.117. The van der Waals surface area contributed by atoms with Crippen LogP contribution >= 0.6 is 0 Å². The molecule has 0 unspecified atom stereocenters. The van der Waals surface area contributed by atoms with E-state index in [1.165, 1.54) is 13.2 Å². The van der Waals surface area contributed by atoms with E-state index in [4.69, 9.17) is 23.4 Å². The standard InChI is InChI=1S/C22H25NO8/c1-27-20(25)12-16(14-2-3-18-19(10-14)30-9-8-29-18)22-21(26)17(24)11-15(31-22)13-23-4-6-28-7-5-23/h2-3,10-11,16,26H,4-9,12-13H2,1H3/t16-/m1/s1. The van der Waals surface area contributed by atoms with Crippen molar-refractivity contribution in [1.82, 2.24) is 4.90 Å². The van der Waals surface area contributed by atoms with Crippen molar-refractivity contribution in [1.29, 1.82) is 0 Å². The highest BCUT2D eigenvalue weighted by Crippen LogP contribution is 2.38. The second-order valence-electron chi connectivity index (χ2n) is 7.41. The molecule has 166 valence electrons. The van der Waals surface area contributed by atoms with Crippen molar-refractivity contribution in [2.24, 2.45) is 0 Å². The normalized spacial score (nSPS) is 17.2. The van der Waals surface area contributed by atoms with Gasteiger partial charge >= 0.3 is 5.97 Å². The maximum Gasteiger partial charge on any atom is 0.306 e. The molecule has 1 N–H and O–H groups in total. The predicted octanol–water partition coefficient (Wildman–Crippen LogP) is 1.64. The average molecular weight is 431 g/mol. The molecule has 0 spiro atoms. The summed E-state index contributed by atoms with van der Waals surface area (Å²) in [5, 5.41) is 10.5. The summed E-state index contributed by atoms with van der Waals surface area (Å²) < 4.78 is 27.4. The fourth-order valence-electron chi connectivity index (χ4n) is 3.74. The van der Waals surface area contributed by atoms with Crippen LogP contribution in [0.4, 0.5) is 0 Å². The van der Waals surface area contributed by atoms with Gasteiger partial charge in [-0.2, -0.15) is 0 Å². The molecule has 1 aromatic carbocycles. The number of fused-ring (bicyclic) bond motifs is 1. The van der Waals surface area contributed by atoms with E-state index in [0.717, 1.165) is 0 Å². The number of aromatic hydroxyl groups is 1. The smallest absolute Gasteiger partial charge is 0.306 e. The van der Waals surface area contributed by atoms with Crippen LogP contribution in [0, 0.1) is 0 Å². The fraction of sp³-hybridized carbons (Fsp3) is 0.455. The lowest BCUT2D eigenvalue weighted by Gasteiger charge is -2.26. The van der Waals surface area contributed by atoms with Gasteiger partial charge in [0.1, 0.15) is 19.0 Å². The van der Waals surface area contributed by atoms with Crippen molar-refractivity contribution < 1.29 is 33.3 Å². The van der Waals surface area contributed by atoms with E-state index in [1.807, 2.05) is 0 Å². The van der Waals surface area contributed by atoms with Crippen LogP contribution in [0.3, 0.4) is 0 Å². The van der Waals surface area contributed by atoms with E-state index in [9.17, 15) is 14.7 Å². The predicted molar refractivity (Wildman–Crippen MR) is 109 cm³/mol. The van der Waals surface area contributed by atoms with E-state index in [1.54, 1.807) is 18.2 Å². The maximum atomic E-state index is 12.5. The number of esters is 1. The molecule has 1 atom stereocenters. The number of hydrogen-bond acceptors (Lipinski definition) is 9. The summed E-state index contributed by atoms with van der Waals surface area (Å²) in [7, 11) is 1.29. The van der Waals surface area contributed by atoms with Gasteiger partial charge in [0.15, 0.2) is 17.3 Å². The minimum absolute atomic E-state index is 0.0258. The van der Waals surface area contributed by atoms with Gasteiger partial charge in [0.2, 0.25) is 11.2 Å². The zero-order chi connectivity index (χ0) is 21.8. The van der Waals surface area contributed by atoms with E-state index < -0.39 is 23.1 Å². The van der Waals surface area contributed by atoms with Crippen molar-refractivity contribution >= 4 is 5.97 Å². The molecule has 9 heteroatoms. The Morgan fingerprint density at radius 2 is 1.87 bits per heavy atom. The first-order valence-electron chi connectivity index (χ1n) is 10.2. The Labute approximate surface area is 179 Å². The van der Waals surface area contributed by atoms with Crippen molar-refractivity contribution in [3.05, 3.63) is 51.6 Å². The average Bonchev–Trinajstić information content (AvgIpc) is 2.80.